The third-order valence-electron chi connectivity index (χ3n) is 6.44. The average Bonchev–Trinajstić information content (AvgIpc) is 3.34. The molecule has 0 aromatic carbocycles. The van der Waals surface area contributed by atoms with Gasteiger partial charge in [-0.05, 0) is 72.5 Å². The number of aromatic nitrogens is 1. The summed E-state index contributed by atoms with van der Waals surface area (Å²) in [6.07, 6.45) is 11.2. The highest BCUT2D eigenvalue weighted by Crippen LogP contribution is 2.59. The first-order valence-corrected chi connectivity index (χ1v) is 10.9. The molecule has 0 spiro atoms. The summed E-state index contributed by atoms with van der Waals surface area (Å²) in [5.74, 6) is 0.371. The van der Waals surface area contributed by atoms with E-state index in [1.54, 1.807) is 0 Å². The second-order valence-corrected chi connectivity index (χ2v) is 10.9. The molecule has 1 aromatic heterocycles. The van der Waals surface area contributed by atoms with Crippen molar-refractivity contribution in [2.75, 3.05) is 0 Å². The van der Waals surface area contributed by atoms with Crippen LogP contribution in [0.3, 0.4) is 0 Å². The largest absolute Gasteiger partial charge is 0.506 e. The van der Waals surface area contributed by atoms with Gasteiger partial charge in [-0.2, -0.15) is 0 Å². The maximum atomic E-state index is 10.2. The molecule has 0 unspecified atom stereocenters. The van der Waals surface area contributed by atoms with Gasteiger partial charge < -0.3 is 10.1 Å². The number of aromatic amines is 1. The van der Waals surface area contributed by atoms with Gasteiger partial charge in [-0.3, -0.25) is 0 Å². The van der Waals surface area contributed by atoms with Crippen LogP contribution in [0.4, 0.5) is 0 Å². The van der Waals surface area contributed by atoms with E-state index in [0.717, 1.165) is 35.4 Å². The lowest BCUT2D eigenvalue weighted by molar-refractivity contribution is 0.468. The predicted molar refractivity (Wildman–Crippen MR) is 127 cm³/mol. The quantitative estimate of drug-likeness (QED) is 0.450. The van der Waals surface area contributed by atoms with E-state index < -0.39 is 0 Å². The maximum Gasteiger partial charge on any atom is 0.139 e. The van der Waals surface area contributed by atoms with Crippen molar-refractivity contribution in [2.24, 2.45) is 16.2 Å². The Labute approximate surface area is 178 Å². The zero-order chi connectivity index (χ0) is 22.2. The Kier molecular flexibility index (Phi) is 6.47. The Morgan fingerprint density at radius 2 is 1.62 bits per heavy atom. The topological polar surface area (TPSA) is 36.0 Å². The van der Waals surface area contributed by atoms with Gasteiger partial charge in [0, 0.05) is 11.3 Å². The molecule has 0 saturated heterocycles. The number of hydrogen-bond acceptors (Lipinski definition) is 1. The number of aromatic hydroxyl groups is 1. The second kappa shape index (κ2) is 8.05. The van der Waals surface area contributed by atoms with Gasteiger partial charge in [0.2, 0.25) is 0 Å². The second-order valence-electron chi connectivity index (χ2n) is 10.9. The van der Waals surface area contributed by atoms with Crippen molar-refractivity contribution in [3.63, 3.8) is 0 Å². The lowest BCUT2D eigenvalue weighted by Gasteiger charge is -2.26. The molecule has 1 aromatic rings. The number of rotatable bonds is 7. The van der Waals surface area contributed by atoms with Gasteiger partial charge in [0.25, 0.3) is 0 Å². The zero-order valence-electron chi connectivity index (χ0n) is 19.9. The predicted octanol–water partition coefficient (Wildman–Crippen LogP) is 8.04. The molecule has 0 amide bonds. The number of hydrogen-bond donors (Lipinski definition) is 2. The SMILES string of the molecule is C=C/C(=C\C(=C/CCC1(C(=C)c2[nH]c(C)c(O)c2C)CC1)C(C)(C)C)C(C)(C)C. The smallest absolute Gasteiger partial charge is 0.139 e. The van der Waals surface area contributed by atoms with Crippen molar-refractivity contribution >= 4 is 5.57 Å². The Balaban J connectivity index is 2.22. The van der Waals surface area contributed by atoms with Crippen molar-refractivity contribution in [1.82, 2.24) is 4.98 Å². The van der Waals surface area contributed by atoms with E-state index >= 15 is 0 Å². The lowest BCUT2D eigenvalue weighted by Crippen LogP contribution is -2.13. The summed E-state index contributed by atoms with van der Waals surface area (Å²) in [6, 6.07) is 0. The van der Waals surface area contributed by atoms with Crippen LogP contribution in [0.1, 0.15) is 84.2 Å². The van der Waals surface area contributed by atoms with Crippen LogP contribution in [0, 0.1) is 30.1 Å². The number of aryl methyl sites for hydroxylation is 1. The molecular weight excluding hydrogens is 354 g/mol. The summed E-state index contributed by atoms with van der Waals surface area (Å²) in [4.78, 5) is 3.35. The Morgan fingerprint density at radius 3 is 2.00 bits per heavy atom. The summed E-state index contributed by atoms with van der Waals surface area (Å²) in [6.45, 7) is 25.9. The van der Waals surface area contributed by atoms with E-state index in [9.17, 15) is 5.11 Å². The van der Waals surface area contributed by atoms with Gasteiger partial charge in [0.1, 0.15) is 5.75 Å². The molecule has 160 valence electrons. The fourth-order valence-corrected chi connectivity index (χ4v) is 4.00. The van der Waals surface area contributed by atoms with Crippen molar-refractivity contribution in [1.29, 1.82) is 0 Å². The molecule has 0 radical (unpaired) electrons. The van der Waals surface area contributed by atoms with Crippen LogP contribution in [0.2, 0.25) is 0 Å². The van der Waals surface area contributed by atoms with Gasteiger partial charge >= 0.3 is 0 Å². The van der Waals surface area contributed by atoms with Gasteiger partial charge in [-0.25, -0.2) is 0 Å². The van der Waals surface area contributed by atoms with E-state index in [-0.39, 0.29) is 16.2 Å². The molecule has 1 aliphatic rings. The van der Waals surface area contributed by atoms with Gasteiger partial charge in [-0.1, -0.05) is 72.9 Å². The molecule has 0 aliphatic heterocycles. The van der Waals surface area contributed by atoms with E-state index in [2.05, 4.69) is 71.8 Å². The van der Waals surface area contributed by atoms with E-state index in [4.69, 9.17) is 0 Å². The van der Waals surface area contributed by atoms with Gasteiger partial charge in [0.05, 0.1) is 5.69 Å². The number of allylic oxidation sites excluding steroid dienone is 6. The summed E-state index contributed by atoms with van der Waals surface area (Å²) < 4.78 is 0. The van der Waals surface area contributed by atoms with E-state index in [0.29, 0.717) is 5.75 Å². The molecule has 1 heterocycles. The molecule has 1 saturated carbocycles. The molecule has 2 rings (SSSR count). The summed E-state index contributed by atoms with van der Waals surface area (Å²) in [5.41, 5.74) is 6.92. The van der Waals surface area contributed by atoms with E-state index in [1.165, 1.54) is 24.0 Å². The highest BCUT2D eigenvalue weighted by molar-refractivity contribution is 5.73. The van der Waals surface area contributed by atoms with Crippen molar-refractivity contribution in [2.45, 2.75) is 81.1 Å². The Morgan fingerprint density at radius 1 is 1.07 bits per heavy atom. The Hall–Kier alpha value is -1.96. The molecule has 0 bridgehead atoms. The van der Waals surface area contributed by atoms with Crippen LogP contribution in [-0.4, -0.2) is 10.1 Å². The van der Waals surface area contributed by atoms with Crippen molar-refractivity contribution in [3.8, 4) is 5.75 Å². The maximum absolute atomic E-state index is 10.2. The molecular formula is C27H41NO. The summed E-state index contributed by atoms with van der Waals surface area (Å²) in [5, 5.41) is 10.2. The summed E-state index contributed by atoms with van der Waals surface area (Å²) in [7, 11) is 0. The van der Waals surface area contributed by atoms with Gasteiger partial charge in [-0.15, -0.1) is 0 Å². The summed E-state index contributed by atoms with van der Waals surface area (Å²) >= 11 is 0. The van der Waals surface area contributed by atoms with Crippen LogP contribution < -0.4 is 0 Å². The highest BCUT2D eigenvalue weighted by atomic mass is 16.3. The van der Waals surface area contributed by atoms with Crippen LogP contribution in [0.5, 0.6) is 5.75 Å². The normalized spacial score (nSPS) is 17.4. The highest BCUT2D eigenvalue weighted by Gasteiger charge is 2.45. The van der Waals surface area contributed by atoms with Gasteiger partial charge in [0.15, 0.2) is 0 Å². The molecule has 2 nitrogen and oxygen atoms in total. The third kappa shape index (κ3) is 5.15. The standard InChI is InChI=1S/C27H41NO/c1-11-21(25(5,6)7)17-22(26(8,9)10)13-12-14-27(15-16-27)19(3)23-18(2)24(29)20(4)28-23/h11,13,17,28-29H,1,3,12,14-16H2,2,4-10H3/b21-17+,22-13+. The first-order valence-electron chi connectivity index (χ1n) is 10.9. The van der Waals surface area contributed by atoms with Crippen LogP contribution in [0.15, 0.2) is 42.5 Å². The first-order chi connectivity index (χ1) is 13.2. The molecule has 0 atom stereocenters. The first kappa shape index (κ1) is 23.3. The number of nitrogens with one attached hydrogen (secondary N) is 1. The van der Waals surface area contributed by atoms with Crippen molar-refractivity contribution in [3.05, 3.63) is 59.5 Å². The minimum absolute atomic E-state index is 0.0864. The van der Waals surface area contributed by atoms with E-state index in [1.807, 2.05) is 19.9 Å². The molecule has 2 heteroatoms. The lowest BCUT2D eigenvalue weighted by atomic mass is 9.79. The minimum Gasteiger partial charge on any atom is -0.506 e. The molecule has 29 heavy (non-hydrogen) atoms. The van der Waals surface area contributed by atoms with Crippen LogP contribution in [-0.2, 0) is 0 Å². The van der Waals surface area contributed by atoms with Crippen LogP contribution in [0.25, 0.3) is 5.57 Å². The molecule has 2 N–H and O–H groups in total. The Bertz CT molecular complexity index is 842. The fraction of sp³-hybridized carbons (Fsp3) is 0.556. The fourth-order valence-electron chi connectivity index (χ4n) is 4.00. The number of H-pyrrole nitrogens is 1. The minimum atomic E-state index is 0.0864. The van der Waals surface area contributed by atoms with Crippen molar-refractivity contribution < 1.29 is 5.11 Å². The zero-order valence-corrected chi connectivity index (χ0v) is 19.9. The molecule has 1 aliphatic carbocycles. The average molecular weight is 396 g/mol. The molecule has 1 fully saturated rings. The third-order valence-corrected chi connectivity index (χ3v) is 6.44. The van der Waals surface area contributed by atoms with Crippen LogP contribution >= 0.6 is 0 Å². The monoisotopic (exact) mass is 395 g/mol.